The van der Waals surface area contributed by atoms with E-state index < -0.39 is 36.4 Å². The van der Waals surface area contributed by atoms with Crippen LogP contribution in [0.3, 0.4) is 0 Å². The van der Waals surface area contributed by atoms with Crippen LogP contribution in [-0.2, 0) is 20.8 Å². The lowest BCUT2D eigenvalue weighted by molar-refractivity contribution is -0.138. The van der Waals surface area contributed by atoms with E-state index in [0.717, 1.165) is 0 Å². The van der Waals surface area contributed by atoms with Gasteiger partial charge in [0.15, 0.2) is 0 Å². The van der Waals surface area contributed by atoms with E-state index in [9.17, 15) is 14.4 Å². The quantitative estimate of drug-likeness (QED) is 0.393. The first-order valence-electron chi connectivity index (χ1n) is 7.32. The van der Waals surface area contributed by atoms with Gasteiger partial charge in [0.05, 0.1) is 12.4 Å². The number of nitrogens with two attached hydrogens (primary N) is 1. The van der Waals surface area contributed by atoms with Gasteiger partial charge in [-0.1, -0.05) is 13.8 Å². The monoisotopic (exact) mass is 325 g/mol. The van der Waals surface area contributed by atoms with Gasteiger partial charge in [0.1, 0.15) is 12.6 Å². The summed E-state index contributed by atoms with van der Waals surface area (Å²) >= 11 is 0. The van der Waals surface area contributed by atoms with Crippen LogP contribution >= 0.6 is 0 Å². The zero-order valence-corrected chi connectivity index (χ0v) is 13.2. The Bertz CT molecular complexity index is 529. The molecule has 0 aromatic carbocycles. The summed E-state index contributed by atoms with van der Waals surface area (Å²) in [5.74, 6) is -2.03. The van der Waals surface area contributed by atoms with Crippen LogP contribution in [-0.4, -0.2) is 51.5 Å². The summed E-state index contributed by atoms with van der Waals surface area (Å²) in [5, 5.41) is 13.5. The first-order chi connectivity index (χ1) is 10.8. The first kappa shape index (κ1) is 18.6. The molecule has 2 unspecified atom stereocenters. The largest absolute Gasteiger partial charge is 0.480 e. The number of rotatable bonds is 9. The van der Waals surface area contributed by atoms with E-state index >= 15 is 0 Å². The predicted octanol–water partition coefficient (Wildman–Crippen LogP) is -0.989. The highest BCUT2D eigenvalue weighted by Crippen LogP contribution is 2.06. The van der Waals surface area contributed by atoms with E-state index in [1.54, 1.807) is 6.20 Å². The summed E-state index contributed by atoms with van der Waals surface area (Å²) in [6.07, 6.45) is 3.70. The lowest BCUT2D eigenvalue weighted by atomic mass is 10.0. The van der Waals surface area contributed by atoms with Crippen molar-refractivity contribution < 1.29 is 19.5 Å². The van der Waals surface area contributed by atoms with Crippen molar-refractivity contribution in [3.05, 3.63) is 18.2 Å². The highest BCUT2D eigenvalue weighted by Gasteiger charge is 2.25. The average molecular weight is 325 g/mol. The van der Waals surface area contributed by atoms with Crippen LogP contribution in [0.1, 0.15) is 26.0 Å². The molecular weight excluding hydrogens is 302 g/mol. The fraction of sp³-hybridized carbons (Fsp3) is 0.571. The first-order valence-corrected chi connectivity index (χ1v) is 7.32. The van der Waals surface area contributed by atoms with Crippen LogP contribution in [0.4, 0.5) is 0 Å². The van der Waals surface area contributed by atoms with Crippen LogP contribution in [0.25, 0.3) is 0 Å². The molecule has 1 rings (SSSR count). The van der Waals surface area contributed by atoms with Crippen LogP contribution in [0, 0.1) is 5.92 Å². The highest BCUT2D eigenvalue weighted by atomic mass is 16.4. The van der Waals surface area contributed by atoms with E-state index in [1.807, 2.05) is 13.8 Å². The number of carbonyl (C=O) groups excluding carboxylic acids is 2. The van der Waals surface area contributed by atoms with E-state index in [0.29, 0.717) is 12.1 Å². The number of carbonyl (C=O) groups is 3. The molecule has 0 fully saturated rings. The van der Waals surface area contributed by atoms with Gasteiger partial charge in [-0.2, -0.15) is 0 Å². The molecule has 0 spiro atoms. The van der Waals surface area contributed by atoms with Crippen molar-refractivity contribution in [1.82, 2.24) is 20.6 Å². The van der Waals surface area contributed by atoms with E-state index in [1.165, 1.54) is 6.33 Å². The molecule has 2 amide bonds. The van der Waals surface area contributed by atoms with Gasteiger partial charge in [-0.05, 0) is 12.3 Å². The minimum absolute atomic E-state index is 0.139. The molecule has 1 aromatic rings. The summed E-state index contributed by atoms with van der Waals surface area (Å²) < 4.78 is 0. The maximum Gasteiger partial charge on any atom is 0.322 e. The zero-order valence-electron chi connectivity index (χ0n) is 13.2. The van der Waals surface area contributed by atoms with Crippen LogP contribution in [0.15, 0.2) is 12.5 Å². The van der Waals surface area contributed by atoms with Gasteiger partial charge in [-0.25, -0.2) is 4.98 Å². The number of imidazole rings is 1. The number of aromatic nitrogens is 2. The number of nitrogens with zero attached hydrogens (tertiary/aromatic N) is 1. The van der Waals surface area contributed by atoms with Crippen LogP contribution in [0.2, 0.25) is 0 Å². The molecule has 0 aliphatic heterocycles. The minimum atomic E-state index is -1.15. The Morgan fingerprint density at radius 1 is 1.35 bits per heavy atom. The second kappa shape index (κ2) is 8.89. The van der Waals surface area contributed by atoms with Crippen LogP contribution < -0.4 is 16.4 Å². The SMILES string of the molecule is CC(C)CC(NC(=O)C(N)Cc1cnc[nH]1)C(=O)NCC(=O)O. The van der Waals surface area contributed by atoms with Crippen molar-refractivity contribution in [1.29, 1.82) is 0 Å². The van der Waals surface area contributed by atoms with Gasteiger partial charge in [0.2, 0.25) is 11.8 Å². The average Bonchev–Trinajstić information content (AvgIpc) is 2.96. The number of nitrogens with one attached hydrogen (secondary N) is 3. The second-order valence-corrected chi connectivity index (χ2v) is 5.69. The Balaban J connectivity index is 2.61. The highest BCUT2D eigenvalue weighted by molar-refractivity contribution is 5.91. The molecule has 2 atom stereocenters. The fourth-order valence-corrected chi connectivity index (χ4v) is 1.99. The van der Waals surface area contributed by atoms with Crippen molar-refractivity contribution in [3.8, 4) is 0 Å². The minimum Gasteiger partial charge on any atom is -0.480 e. The summed E-state index contributed by atoms with van der Waals surface area (Å²) in [7, 11) is 0. The molecule has 0 saturated heterocycles. The predicted molar refractivity (Wildman–Crippen MR) is 82.3 cm³/mol. The van der Waals surface area contributed by atoms with Crippen molar-refractivity contribution in [3.63, 3.8) is 0 Å². The maximum atomic E-state index is 12.1. The summed E-state index contributed by atoms with van der Waals surface area (Å²) in [5.41, 5.74) is 6.54. The number of hydrogen-bond acceptors (Lipinski definition) is 5. The van der Waals surface area contributed by atoms with Gasteiger partial charge in [0.25, 0.3) is 0 Å². The Morgan fingerprint density at radius 3 is 2.57 bits per heavy atom. The van der Waals surface area contributed by atoms with Crippen molar-refractivity contribution in [2.45, 2.75) is 38.8 Å². The third-order valence-electron chi connectivity index (χ3n) is 3.09. The molecule has 1 heterocycles. The molecule has 23 heavy (non-hydrogen) atoms. The van der Waals surface area contributed by atoms with E-state index in [4.69, 9.17) is 10.8 Å². The molecule has 0 aliphatic carbocycles. The Kier molecular flexibility index (Phi) is 7.20. The van der Waals surface area contributed by atoms with Gasteiger partial charge in [-0.3, -0.25) is 14.4 Å². The third kappa shape index (κ3) is 6.92. The molecule has 1 aromatic heterocycles. The lowest BCUT2D eigenvalue weighted by Gasteiger charge is -2.21. The van der Waals surface area contributed by atoms with Gasteiger partial charge in [0, 0.05) is 18.3 Å². The Labute approximate surface area is 134 Å². The summed E-state index contributed by atoms with van der Waals surface area (Å²) in [6.45, 7) is 3.30. The molecule has 9 heteroatoms. The van der Waals surface area contributed by atoms with Crippen molar-refractivity contribution in [2.24, 2.45) is 11.7 Å². The van der Waals surface area contributed by atoms with Gasteiger partial charge in [-0.15, -0.1) is 0 Å². The molecule has 128 valence electrons. The number of H-pyrrole nitrogens is 1. The Hall–Kier alpha value is -2.42. The number of hydrogen-bond donors (Lipinski definition) is 5. The number of aromatic amines is 1. The van der Waals surface area contributed by atoms with E-state index in [2.05, 4.69) is 20.6 Å². The molecular formula is C14H23N5O4. The number of aliphatic carboxylic acids is 1. The van der Waals surface area contributed by atoms with Crippen molar-refractivity contribution in [2.75, 3.05) is 6.54 Å². The zero-order chi connectivity index (χ0) is 17.4. The van der Waals surface area contributed by atoms with Crippen LogP contribution in [0.5, 0.6) is 0 Å². The normalized spacial score (nSPS) is 13.4. The molecule has 6 N–H and O–H groups in total. The molecule has 9 nitrogen and oxygen atoms in total. The topological polar surface area (TPSA) is 150 Å². The molecule has 0 bridgehead atoms. The summed E-state index contributed by atoms with van der Waals surface area (Å²) in [4.78, 5) is 41.4. The third-order valence-corrected chi connectivity index (χ3v) is 3.09. The standard InChI is InChI=1S/C14H23N5O4/c1-8(2)3-11(14(23)17-6-12(20)21)19-13(22)10(15)4-9-5-16-7-18-9/h5,7-8,10-11H,3-4,6,15H2,1-2H3,(H,16,18)(H,17,23)(H,19,22)(H,20,21). The smallest absolute Gasteiger partial charge is 0.322 e. The molecule has 0 aliphatic rings. The van der Waals surface area contributed by atoms with Gasteiger partial charge < -0.3 is 26.5 Å². The maximum absolute atomic E-state index is 12.1. The van der Waals surface area contributed by atoms with Crippen molar-refractivity contribution >= 4 is 17.8 Å². The van der Waals surface area contributed by atoms with E-state index in [-0.39, 0.29) is 12.3 Å². The molecule has 0 saturated carbocycles. The van der Waals surface area contributed by atoms with Gasteiger partial charge >= 0.3 is 5.97 Å². The number of amides is 2. The molecule has 0 radical (unpaired) electrons. The lowest BCUT2D eigenvalue weighted by Crippen LogP contribution is -2.53. The fourth-order valence-electron chi connectivity index (χ4n) is 1.99. The second-order valence-electron chi connectivity index (χ2n) is 5.69. The Morgan fingerprint density at radius 2 is 2.04 bits per heavy atom. The number of carboxylic acid groups (broad SMARTS) is 1. The number of carboxylic acids is 1. The summed E-state index contributed by atoms with van der Waals surface area (Å²) in [6, 6.07) is -1.66.